The molecule has 0 radical (unpaired) electrons. The number of hydrogen-bond donors (Lipinski definition) is 1. The third kappa shape index (κ3) is 2.63. The molecule has 2 nitrogen and oxygen atoms in total. The minimum atomic E-state index is 0.0339. The average Bonchev–Trinajstić information content (AvgIpc) is 2.73. The number of benzene rings is 1. The molecule has 0 bridgehead atoms. The van der Waals surface area contributed by atoms with E-state index in [1.54, 1.807) is 0 Å². The third-order valence-corrected chi connectivity index (χ3v) is 3.79. The Morgan fingerprint density at radius 2 is 2.12 bits per heavy atom. The zero-order valence-electron chi connectivity index (χ0n) is 10.9. The van der Waals surface area contributed by atoms with Crippen molar-refractivity contribution in [1.29, 1.82) is 0 Å². The van der Waals surface area contributed by atoms with Gasteiger partial charge in [-0.1, -0.05) is 38.5 Å². The first-order chi connectivity index (χ1) is 8.18. The molecule has 0 fully saturated rings. The van der Waals surface area contributed by atoms with Gasteiger partial charge in [-0.15, -0.1) is 0 Å². The number of fused-ring (bicyclic) bond motifs is 1. The summed E-state index contributed by atoms with van der Waals surface area (Å²) in [5, 5.41) is 9.60. The summed E-state index contributed by atoms with van der Waals surface area (Å²) in [6.45, 7) is 6.72. The van der Waals surface area contributed by atoms with Crippen LogP contribution in [-0.4, -0.2) is 24.8 Å². The van der Waals surface area contributed by atoms with Crippen LogP contribution >= 0.6 is 0 Å². The molecule has 1 heterocycles. The van der Waals surface area contributed by atoms with Gasteiger partial charge in [0.25, 0.3) is 0 Å². The third-order valence-electron chi connectivity index (χ3n) is 3.79. The molecule has 0 aromatic heterocycles. The predicted octanol–water partition coefficient (Wildman–Crippen LogP) is 2.85. The molecule has 1 N–H and O–H groups in total. The van der Waals surface area contributed by atoms with Crippen LogP contribution in [-0.2, 0) is 6.42 Å². The van der Waals surface area contributed by atoms with Crippen LogP contribution in [0.15, 0.2) is 24.3 Å². The normalized spacial score (nSPS) is 17.9. The summed E-state index contributed by atoms with van der Waals surface area (Å²) in [4.78, 5) is 2.43. The number of hydrogen-bond acceptors (Lipinski definition) is 2. The summed E-state index contributed by atoms with van der Waals surface area (Å²) in [6, 6.07) is 8.63. The summed E-state index contributed by atoms with van der Waals surface area (Å²) in [6.07, 6.45) is 3.36. The Morgan fingerprint density at radius 3 is 2.82 bits per heavy atom. The number of aliphatic hydroxyl groups is 1. The molecule has 0 spiro atoms. The highest BCUT2D eigenvalue weighted by atomic mass is 16.3. The second-order valence-corrected chi connectivity index (χ2v) is 5.52. The summed E-state index contributed by atoms with van der Waals surface area (Å²) < 4.78 is 0. The van der Waals surface area contributed by atoms with Crippen LogP contribution in [0.4, 0.5) is 5.69 Å². The van der Waals surface area contributed by atoms with Gasteiger partial charge >= 0.3 is 0 Å². The zero-order chi connectivity index (χ0) is 12.3. The molecule has 1 unspecified atom stereocenters. The van der Waals surface area contributed by atoms with Gasteiger partial charge in [0.1, 0.15) is 0 Å². The predicted molar refractivity (Wildman–Crippen MR) is 72.5 cm³/mol. The molecule has 17 heavy (non-hydrogen) atoms. The van der Waals surface area contributed by atoms with Crippen molar-refractivity contribution in [2.45, 2.75) is 33.1 Å². The van der Waals surface area contributed by atoms with Gasteiger partial charge in [0.05, 0.1) is 6.61 Å². The summed E-state index contributed by atoms with van der Waals surface area (Å²) in [7, 11) is 0. The Labute approximate surface area is 104 Å². The standard InChI is InChI=1S/C15H23NO/c1-3-9-15(2,12-17)11-16-10-8-13-6-4-5-7-14(13)16/h4-7,17H,3,8-12H2,1-2H3. The lowest BCUT2D eigenvalue weighted by molar-refractivity contribution is 0.137. The summed E-state index contributed by atoms with van der Waals surface area (Å²) in [5.41, 5.74) is 2.85. The van der Waals surface area contributed by atoms with Crippen molar-refractivity contribution in [2.75, 3.05) is 24.6 Å². The van der Waals surface area contributed by atoms with Gasteiger partial charge in [-0.3, -0.25) is 0 Å². The van der Waals surface area contributed by atoms with E-state index in [1.165, 1.54) is 11.3 Å². The molecule has 2 heteroatoms. The summed E-state index contributed by atoms with van der Waals surface area (Å²) >= 11 is 0. The second-order valence-electron chi connectivity index (χ2n) is 5.52. The van der Waals surface area contributed by atoms with E-state index in [1.807, 2.05) is 0 Å². The fourth-order valence-electron chi connectivity index (χ4n) is 2.84. The van der Waals surface area contributed by atoms with E-state index in [0.29, 0.717) is 0 Å². The van der Waals surface area contributed by atoms with E-state index in [9.17, 15) is 5.11 Å². The SMILES string of the molecule is CCCC(C)(CO)CN1CCc2ccccc21. The zero-order valence-corrected chi connectivity index (χ0v) is 10.9. The molecule has 1 aromatic rings. The van der Waals surface area contributed by atoms with Gasteiger partial charge in [0, 0.05) is 24.2 Å². The van der Waals surface area contributed by atoms with Crippen LogP contribution in [0.25, 0.3) is 0 Å². The lowest BCUT2D eigenvalue weighted by Gasteiger charge is -2.33. The Bertz CT molecular complexity index is 377. The van der Waals surface area contributed by atoms with Gasteiger partial charge in [0.2, 0.25) is 0 Å². The Balaban J connectivity index is 2.10. The fourth-order valence-corrected chi connectivity index (χ4v) is 2.84. The number of anilines is 1. The molecule has 1 aliphatic rings. The molecule has 1 atom stereocenters. The topological polar surface area (TPSA) is 23.5 Å². The highest BCUT2D eigenvalue weighted by Crippen LogP contribution is 2.32. The van der Waals surface area contributed by atoms with E-state index in [2.05, 4.69) is 43.0 Å². The maximum Gasteiger partial charge on any atom is 0.0501 e. The largest absolute Gasteiger partial charge is 0.396 e. The molecule has 2 rings (SSSR count). The van der Waals surface area contributed by atoms with E-state index in [0.717, 1.165) is 32.4 Å². The van der Waals surface area contributed by atoms with Crippen molar-refractivity contribution >= 4 is 5.69 Å². The maximum absolute atomic E-state index is 9.60. The fraction of sp³-hybridized carbons (Fsp3) is 0.600. The first kappa shape index (κ1) is 12.4. The van der Waals surface area contributed by atoms with Gasteiger partial charge in [-0.05, 0) is 24.5 Å². The van der Waals surface area contributed by atoms with Gasteiger partial charge < -0.3 is 10.0 Å². The molecule has 1 aromatic carbocycles. The quantitative estimate of drug-likeness (QED) is 0.845. The van der Waals surface area contributed by atoms with Crippen LogP contribution in [0, 0.1) is 5.41 Å². The van der Waals surface area contributed by atoms with E-state index >= 15 is 0 Å². The van der Waals surface area contributed by atoms with E-state index in [4.69, 9.17) is 0 Å². The van der Waals surface area contributed by atoms with Crippen molar-refractivity contribution in [1.82, 2.24) is 0 Å². The van der Waals surface area contributed by atoms with Crippen molar-refractivity contribution in [2.24, 2.45) is 5.41 Å². The lowest BCUT2D eigenvalue weighted by Crippen LogP contribution is -2.37. The van der Waals surface area contributed by atoms with Gasteiger partial charge in [-0.25, -0.2) is 0 Å². The Hall–Kier alpha value is -1.02. The van der Waals surface area contributed by atoms with Crippen molar-refractivity contribution in [3.8, 4) is 0 Å². The minimum Gasteiger partial charge on any atom is -0.396 e. The van der Waals surface area contributed by atoms with Crippen LogP contribution in [0.3, 0.4) is 0 Å². The average molecular weight is 233 g/mol. The maximum atomic E-state index is 9.60. The number of aliphatic hydroxyl groups excluding tert-OH is 1. The highest BCUT2D eigenvalue weighted by molar-refractivity contribution is 5.57. The summed E-state index contributed by atoms with van der Waals surface area (Å²) in [5.74, 6) is 0. The van der Waals surface area contributed by atoms with Crippen molar-refractivity contribution in [3.63, 3.8) is 0 Å². The van der Waals surface area contributed by atoms with Crippen molar-refractivity contribution < 1.29 is 5.11 Å². The second kappa shape index (κ2) is 5.09. The Morgan fingerprint density at radius 1 is 1.35 bits per heavy atom. The van der Waals surface area contributed by atoms with Crippen LogP contribution in [0.5, 0.6) is 0 Å². The lowest BCUT2D eigenvalue weighted by atomic mass is 9.86. The molecule has 0 aliphatic carbocycles. The molecule has 94 valence electrons. The number of para-hydroxylation sites is 1. The monoisotopic (exact) mass is 233 g/mol. The van der Waals surface area contributed by atoms with E-state index in [-0.39, 0.29) is 12.0 Å². The van der Waals surface area contributed by atoms with Gasteiger partial charge in [-0.2, -0.15) is 0 Å². The van der Waals surface area contributed by atoms with Crippen LogP contribution in [0.2, 0.25) is 0 Å². The van der Waals surface area contributed by atoms with Crippen LogP contribution < -0.4 is 4.90 Å². The minimum absolute atomic E-state index is 0.0339. The molecular weight excluding hydrogens is 210 g/mol. The number of rotatable bonds is 5. The molecule has 0 saturated carbocycles. The highest BCUT2D eigenvalue weighted by Gasteiger charge is 2.28. The molecule has 0 amide bonds. The first-order valence-electron chi connectivity index (χ1n) is 6.62. The molecule has 0 saturated heterocycles. The van der Waals surface area contributed by atoms with Crippen molar-refractivity contribution in [3.05, 3.63) is 29.8 Å². The Kier molecular flexibility index (Phi) is 3.72. The smallest absolute Gasteiger partial charge is 0.0501 e. The number of nitrogens with zero attached hydrogens (tertiary/aromatic N) is 1. The molecular formula is C15H23NO. The van der Waals surface area contributed by atoms with E-state index < -0.39 is 0 Å². The molecule has 1 aliphatic heterocycles. The first-order valence-corrected chi connectivity index (χ1v) is 6.62. The van der Waals surface area contributed by atoms with Gasteiger partial charge in [0.15, 0.2) is 0 Å². The van der Waals surface area contributed by atoms with Crippen LogP contribution in [0.1, 0.15) is 32.3 Å².